The van der Waals surface area contributed by atoms with Gasteiger partial charge in [0.1, 0.15) is 6.61 Å². The zero-order valence-corrected chi connectivity index (χ0v) is 20.0. The van der Waals surface area contributed by atoms with Crippen LogP contribution in [0.1, 0.15) is 41.8 Å². The lowest BCUT2D eigenvalue weighted by Crippen LogP contribution is -2.54. The minimum absolute atomic E-state index is 0.348. The van der Waals surface area contributed by atoms with Crippen LogP contribution < -0.4 is 5.32 Å². The van der Waals surface area contributed by atoms with E-state index in [0.717, 1.165) is 65.0 Å². The molecule has 1 fully saturated rings. The van der Waals surface area contributed by atoms with E-state index in [1.807, 2.05) is 36.4 Å². The first-order valence-corrected chi connectivity index (χ1v) is 12.4. The van der Waals surface area contributed by atoms with Crippen molar-refractivity contribution in [1.29, 1.82) is 5.41 Å². The summed E-state index contributed by atoms with van der Waals surface area (Å²) in [7, 11) is 0. The zero-order valence-electron chi connectivity index (χ0n) is 20.0. The number of rotatable bonds is 9. The Labute approximate surface area is 204 Å². The number of aromatic amines is 1. The molecule has 0 spiro atoms. The van der Waals surface area contributed by atoms with E-state index in [2.05, 4.69) is 28.2 Å². The van der Waals surface area contributed by atoms with Crippen LogP contribution in [0.2, 0.25) is 0 Å². The van der Waals surface area contributed by atoms with E-state index in [-0.39, 0.29) is 0 Å². The number of halogens is 2. The van der Waals surface area contributed by atoms with Crippen LogP contribution in [0.4, 0.5) is 14.5 Å². The molecule has 3 aromatic rings. The number of aromatic nitrogens is 1. The predicted octanol–water partition coefficient (Wildman–Crippen LogP) is 4.25. The number of nitrogens with zero attached hydrogens (tertiary/aromatic N) is 2. The summed E-state index contributed by atoms with van der Waals surface area (Å²) in [6.07, 6.45) is 3.12. The Hall–Kier alpha value is -2.81. The summed E-state index contributed by atoms with van der Waals surface area (Å²) in [4.78, 5) is 7.64. The van der Waals surface area contributed by atoms with Crippen LogP contribution in [0, 0.1) is 5.41 Å². The van der Waals surface area contributed by atoms with Crippen molar-refractivity contribution in [2.45, 2.75) is 37.8 Å². The van der Waals surface area contributed by atoms with Crippen LogP contribution in [-0.2, 0) is 6.42 Å². The molecule has 0 saturated carbocycles. The summed E-state index contributed by atoms with van der Waals surface area (Å²) < 4.78 is 28.7. The van der Waals surface area contributed by atoms with Gasteiger partial charge in [0, 0.05) is 53.7 Å². The normalized spacial score (nSPS) is 19.5. The number of para-hydroxylation sites is 1. The second-order valence-electron chi connectivity index (χ2n) is 9.79. The molecule has 1 atom stereocenters. The molecule has 0 radical (unpaired) electrons. The van der Waals surface area contributed by atoms with Crippen molar-refractivity contribution in [3.63, 3.8) is 0 Å². The Balaban J connectivity index is 1.49. The van der Waals surface area contributed by atoms with Gasteiger partial charge in [-0.1, -0.05) is 31.2 Å². The fourth-order valence-corrected chi connectivity index (χ4v) is 5.57. The van der Waals surface area contributed by atoms with E-state index >= 15 is 0 Å². The number of hydrogen-bond acceptors (Lipinski definition) is 5. The van der Waals surface area contributed by atoms with Gasteiger partial charge in [-0.25, -0.2) is 8.78 Å². The number of likely N-dealkylation sites (tertiary alicyclic amines) is 1. The molecule has 1 unspecified atom stereocenters. The molecule has 2 aliphatic rings. The number of nitrogens with one attached hydrogen (secondary N) is 3. The first-order chi connectivity index (χ1) is 16.9. The summed E-state index contributed by atoms with van der Waals surface area (Å²) >= 11 is 0. The van der Waals surface area contributed by atoms with Crippen molar-refractivity contribution in [2.75, 3.05) is 44.6 Å². The summed E-state index contributed by atoms with van der Waals surface area (Å²) in [5.41, 5.74) is 5.55. The van der Waals surface area contributed by atoms with Gasteiger partial charge in [-0.2, -0.15) is 0 Å². The summed E-state index contributed by atoms with van der Waals surface area (Å²) in [6, 6.07) is 13.9. The molecule has 5 rings (SSSR count). The molecule has 0 amide bonds. The lowest BCUT2D eigenvalue weighted by molar-refractivity contribution is -0.0788. The van der Waals surface area contributed by atoms with Gasteiger partial charge in [0.05, 0.1) is 18.6 Å². The Kier molecular flexibility index (Phi) is 6.61. The monoisotopic (exact) mass is 481 g/mol. The standard InChI is InChI=1S/C27H33F2N5O/c1-2-10-33-14-20(15-33)31-23-8-7-18(12-19(23)13-30)26-25-22(21-5-3-4-6-24(21)32-25)9-11-34(26)16-27(28,29)17-35/h3-8,12-13,20,26,30-32,35H,2,9-11,14-17H2,1H3. The fourth-order valence-electron chi connectivity index (χ4n) is 5.57. The smallest absolute Gasteiger partial charge is 0.283 e. The van der Waals surface area contributed by atoms with Gasteiger partial charge in [0.2, 0.25) is 0 Å². The molecule has 8 heteroatoms. The lowest BCUT2D eigenvalue weighted by Gasteiger charge is -2.40. The van der Waals surface area contributed by atoms with Crippen molar-refractivity contribution < 1.29 is 13.9 Å². The van der Waals surface area contributed by atoms with Gasteiger partial charge in [0.15, 0.2) is 0 Å². The lowest BCUT2D eigenvalue weighted by atomic mass is 9.91. The first-order valence-electron chi connectivity index (χ1n) is 12.4. The maximum Gasteiger partial charge on any atom is 0.283 e. The van der Waals surface area contributed by atoms with Crippen LogP contribution >= 0.6 is 0 Å². The SMILES string of the molecule is CCCN1CC(Nc2ccc(C3c4[nH]c5ccccc5c4CCN3CC(F)(F)CO)cc2C=N)C1. The zero-order chi connectivity index (χ0) is 24.6. The minimum Gasteiger partial charge on any atom is -0.390 e. The van der Waals surface area contributed by atoms with E-state index < -0.39 is 25.1 Å². The summed E-state index contributed by atoms with van der Waals surface area (Å²) in [6.45, 7) is 3.99. The molecule has 0 bridgehead atoms. The number of fused-ring (bicyclic) bond motifs is 3. The average Bonchev–Trinajstić information content (AvgIpc) is 3.21. The molecule has 2 aromatic carbocycles. The fraction of sp³-hybridized carbons (Fsp3) is 0.444. The number of aliphatic hydroxyl groups excluding tert-OH is 1. The van der Waals surface area contributed by atoms with E-state index in [0.29, 0.717) is 19.0 Å². The quantitative estimate of drug-likeness (QED) is 0.345. The summed E-state index contributed by atoms with van der Waals surface area (Å²) in [5, 5.41) is 21.9. The van der Waals surface area contributed by atoms with Crippen LogP contribution in [-0.4, -0.2) is 77.4 Å². The van der Waals surface area contributed by atoms with Crippen LogP contribution in [0.15, 0.2) is 42.5 Å². The molecular weight excluding hydrogens is 448 g/mol. The molecule has 186 valence electrons. The van der Waals surface area contributed by atoms with Crippen LogP contribution in [0.3, 0.4) is 0 Å². The number of benzene rings is 2. The molecule has 2 aliphatic heterocycles. The first kappa shape index (κ1) is 23.9. The largest absolute Gasteiger partial charge is 0.390 e. The summed E-state index contributed by atoms with van der Waals surface area (Å²) in [5.74, 6) is -3.19. The average molecular weight is 482 g/mol. The van der Waals surface area contributed by atoms with Gasteiger partial charge in [-0.05, 0) is 48.7 Å². The topological polar surface area (TPSA) is 78.4 Å². The van der Waals surface area contributed by atoms with E-state index in [1.54, 1.807) is 4.90 Å². The molecule has 4 N–H and O–H groups in total. The second-order valence-corrected chi connectivity index (χ2v) is 9.79. The highest BCUT2D eigenvalue weighted by Gasteiger charge is 2.38. The third-order valence-electron chi connectivity index (χ3n) is 7.20. The number of aliphatic hydroxyl groups is 1. The van der Waals surface area contributed by atoms with Crippen molar-refractivity contribution in [2.24, 2.45) is 0 Å². The molecule has 35 heavy (non-hydrogen) atoms. The van der Waals surface area contributed by atoms with Crippen molar-refractivity contribution in [3.8, 4) is 0 Å². The second kappa shape index (κ2) is 9.68. The number of H-pyrrole nitrogens is 1. The molecular formula is C27H33F2N5O. The van der Waals surface area contributed by atoms with E-state index in [9.17, 15) is 13.9 Å². The van der Waals surface area contributed by atoms with Gasteiger partial charge in [-0.15, -0.1) is 0 Å². The van der Waals surface area contributed by atoms with Crippen molar-refractivity contribution >= 4 is 22.8 Å². The van der Waals surface area contributed by atoms with Gasteiger partial charge < -0.3 is 20.8 Å². The number of hydrogen-bond donors (Lipinski definition) is 4. The third kappa shape index (κ3) is 4.70. The van der Waals surface area contributed by atoms with Gasteiger partial charge in [0.25, 0.3) is 5.92 Å². The van der Waals surface area contributed by atoms with Crippen LogP contribution in [0.25, 0.3) is 10.9 Å². The van der Waals surface area contributed by atoms with E-state index in [4.69, 9.17) is 5.41 Å². The van der Waals surface area contributed by atoms with Gasteiger partial charge >= 0.3 is 0 Å². The number of anilines is 1. The molecule has 1 aromatic heterocycles. The molecule has 3 heterocycles. The third-order valence-corrected chi connectivity index (χ3v) is 7.20. The number of alkyl halides is 2. The van der Waals surface area contributed by atoms with Gasteiger partial charge in [-0.3, -0.25) is 9.80 Å². The maximum absolute atomic E-state index is 14.3. The molecule has 6 nitrogen and oxygen atoms in total. The van der Waals surface area contributed by atoms with E-state index in [1.165, 1.54) is 6.21 Å². The Morgan fingerprint density at radius 2 is 2.03 bits per heavy atom. The minimum atomic E-state index is -3.19. The van der Waals surface area contributed by atoms with Crippen molar-refractivity contribution in [3.05, 3.63) is 64.8 Å². The predicted molar refractivity (Wildman–Crippen MR) is 136 cm³/mol. The maximum atomic E-state index is 14.3. The Bertz CT molecular complexity index is 1200. The highest BCUT2D eigenvalue weighted by atomic mass is 19.3. The highest BCUT2D eigenvalue weighted by molar-refractivity contribution is 5.87. The Morgan fingerprint density at radius 3 is 2.77 bits per heavy atom. The van der Waals surface area contributed by atoms with Crippen LogP contribution in [0.5, 0.6) is 0 Å². The molecule has 1 saturated heterocycles. The Morgan fingerprint density at radius 1 is 1.23 bits per heavy atom. The highest BCUT2D eigenvalue weighted by Crippen LogP contribution is 2.40. The van der Waals surface area contributed by atoms with Crippen molar-refractivity contribution in [1.82, 2.24) is 14.8 Å². The molecule has 0 aliphatic carbocycles.